The third-order valence-electron chi connectivity index (χ3n) is 2.31. The molecule has 0 heterocycles. The summed E-state index contributed by atoms with van der Waals surface area (Å²) in [6.07, 6.45) is 1.41. The number of benzene rings is 1. The normalized spacial score (nSPS) is 10.2. The molecule has 0 amide bonds. The van der Waals surface area contributed by atoms with Crippen molar-refractivity contribution in [3.8, 4) is 5.75 Å². The standard InChI is InChI=1S/C12H15ClO3/c1-8-6-9(4-3-5-11(14)15)12(16-2)10(13)7-8/h6-7H,3-5H2,1-2H3,(H,14,15). The third kappa shape index (κ3) is 3.42. The SMILES string of the molecule is COc1c(Cl)cc(C)cc1CCCC(=O)O. The van der Waals surface area contributed by atoms with Crippen molar-refractivity contribution in [3.63, 3.8) is 0 Å². The second-order valence-electron chi connectivity index (χ2n) is 3.69. The maximum Gasteiger partial charge on any atom is 0.303 e. The van der Waals surface area contributed by atoms with E-state index < -0.39 is 5.97 Å². The van der Waals surface area contributed by atoms with Crippen molar-refractivity contribution in [2.24, 2.45) is 0 Å². The van der Waals surface area contributed by atoms with Gasteiger partial charge in [-0.1, -0.05) is 17.7 Å². The van der Waals surface area contributed by atoms with Crippen LogP contribution in [0.3, 0.4) is 0 Å². The topological polar surface area (TPSA) is 46.5 Å². The average molecular weight is 243 g/mol. The van der Waals surface area contributed by atoms with Gasteiger partial charge < -0.3 is 9.84 Å². The Morgan fingerprint density at radius 2 is 2.19 bits per heavy atom. The van der Waals surface area contributed by atoms with E-state index in [1.807, 2.05) is 19.1 Å². The Morgan fingerprint density at radius 3 is 2.75 bits per heavy atom. The zero-order valence-corrected chi connectivity index (χ0v) is 10.2. The van der Waals surface area contributed by atoms with E-state index in [4.69, 9.17) is 21.4 Å². The van der Waals surface area contributed by atoms with Crippen LogP contribution in [-0.2, 0) is 11.2 Å². The Morgan fingerprint density at radius 1 is 1.50 bits per heavy atom. The van der Waals surface area contributed by atoms with Crippen molar-refractivity contribution in [1.82, 2.24) is 0 Å². The van der Waals surface area contributed by atoms with Crippen molar-refractivity contribution >= 4 is 17.6 Å². The minimum absolute atomic E-state index is 0.161. The van der Waals surface area contributed by atoms with Gasteiger partial charge in [-0.2, -0.15) is 0 Å². The third-order valence-corrected chi connectivity index (χ3v) is 2.59. The molecule has 0 spiro atoms. The van der Waals surface area contributed by atoms with Crippen LogP contribution in [0.5, 0.6) is 5.75 Å². The van der Waals surface area contributed by atoms with Crippen LogP contribution in [0.4, 0.5) is 0 Å². The molecular formula is C12H15ClO3. The Kier molecular flexibility index (Phi) is 4.62. The van der Waals surface area contributed by atoms with E-state index in [-0.39, 0.29) is 6.42 Å². The van der Waals surface area contributed by atoms with E-state index >= 15 is 0 Å². The Bertz CT molecular complexity index is 388. The van der Waals surface area contributed by atoms with Crippen LogP contribution >= 0.6 is 11.6 Å². The van der Waals surface area contributed by atoms with E-state index in [0.717, 1.165) is 11.1 Å². The minimum Gasteiger partial charge on any atom is -0.495 e. The van der Waals surface area contributed by atoms with Crippen molar-refractivity contribution in [2.75, 3.05) is 7.11 Å². The Labute approximate surface area is 100.0 Å². The summed E-state index contributed by atoms with van der Waals surface area (Å²) < 4.78 is 5.21. The lowest BCUT2D eigenvalue weighted by Crippen LogP contribution is -1.98. The zero-order chi connectivity index (χ0) is 12.1. The molecule has 1 aromatic rings. The molecule has 0 aliphatic rings. The smallest absolute Gasteiger partial charge is 0.303 e. The fourth-order valence-corrected chi connectivity index (χ4v) is 2.02. The molecule has 0 atom stereocenters. The van der Waals surface area contributed by atoms with Crippen molar-refractivity contribution in [3.05, 3.63) is 28.3 Å². The van der Waals surface area contributed by atoms with Gasteiger partial charge in [-0.05, 0) is 37.0 Å². The van der Waals surface area contributed by atoms with Crippen LogP contribution in [0, 0.1) is 6.92 Å². The highest BCUT2D eigenvalue weighted by atomic mass is 35.5. The number of carbonyl (C=O) groups is 1. The predicted molar refractivity (Wildman–Crippen MR) is 63.3 cm³/mol. The molecule has 0 radical (unpaired) electrons. The lowest BCUT2D eigenvalue weighted by atomic mass is 10.0. The minimum atomic E-state index is -0.780. The molecule has 0 bridgehead atoms. The summed E-state index contributed by atoms with van der Waals surface area (Å²) >= 11 is 6.03. The first-order valence-corrected chi connectivity index (χ1v) is 5.47. The first kappa shape index (κ1) is 12.8. The molecule has 16 heavy (non-hydrogen) atoms. The number of carboxylic acid groups (broad SMARTS) is 1. The number of ether oxygens (including phenoxy) is 1. The largest absolute Gasteiger partial charge is 0.495 e. The van der Waals surface area contributed by atoms with Gasteiger partial charge in [0.25, 0.3) is 0 Å². The lowest BCUT2D eigenvalue weighted by molar-refractivity contribution is -0.137. The molecule has 3 nitrogen and oxygen atoms in total. The summed E-state index contributed by atoms with van der Waals surface area (Å²) in [5, 5.41) is 9.15. The van der Waals surface area contributed by atoms with Crippen LogP contribution in [0.1, 0.15) is 24.0 Å². The first-order chi connectivity index (χ1) is 7.54. The van der Waals surface area contributed by atoms with Gasteiger partial charge in [0.05, 0.1) is 12.1 Å². The van der Waals surface area contributed by atoms with Gasteiger partial charge in [-0.25, -0.2) is 0 Å². The van der Waals surface area contributed by atoms with Crippen LogP contribution < -0.4 is 4.74 Å². The number of aliphatic carboxylic acids is 1. The summed E-state index contributed by atoms with van der Waals surface area (Å²) in [4.78, 5) is 10.4. The van der Waals surface area contributed by atoms with Gasteiger partial charge in [0.15, 0.2) is 0 Å². The molecule has 0 saturated carbocycles. The van der Waals surface area contributed by atoms with E-state index in [1.165, 1.54) is 0 Å². The molecule has 4 heteroatoms. The van der Waals surface area contributed by atoms with Gasteiger partial charge in [-0.15, -0.1) is 0 Å². The Hall–Kier alpha value is -1.22. The highest BCUT2D eigenvalue weighted by molar-refractivity contribution is 6.32. The molecule has 0 fully saturated rings. The van der Waals surface area contributed by atoms with Gasteiger partial charge in [0, 0.05) is 6.42 Å². The number of halogens is 1. The van der Waals surface area contributed by atoms with E-state index in [2.05, 4.69) is 0 Å². The molecule has 1 N–H and O–H groups in total. The van der Waals surface area contributed by atoms with E-state index in [9.17, 15) is 4.79 Å². The highest BCUT2D eigenvalue weighted by Crippen LogP contribution is 2.31. The fourth-order valence-electron chi connectivity index (χ4n) is 1.65. The van der Waals surface area contributed by atoms with Crippen molar-refractivity contribution < 1.29 is 14.6 Å². The van der Waals surface area contributed by atoms with E-state index in [0.29, 0.717) is 23.6 Å². The molecular weight excluding hydrogens is 228 g/mol. The second kappa shape index (κ2) is 5.75. The fraction of sp³-hybridized carbons (Fsp3) is 0.417. The summed E-state index contributed by atoms with van der Waals surface area (Å²) in [7, 11) is 1.57. The molecule has 0 aliphatic heterocycles. The predicted octanol–water partition coefficient (Wildman–Crippen LogP) is 3.06. The number of aryl methyl sites for hydroxylation is 2. The van der Waals surface area contributed by atoms with Crippen molar-refractivity contribution in [1.29, 1.82) is 0 Å². The quantitative estimate of drug-likeness (QED) is 0.863. The van der Waals surface area contributed by atoms with Crippen LogP contribution in [0.15, 0.2) is 12.1 Å². The van der Waals surface area contributed by atoms with Gasteiger partial charge in [0.2, 0.25) is 0 Å². The summed E-state index contributed by atoms with van der Waals surface area (Å²) in [6.45, 7) is 1.95. The van der Waals surface area contributed by atoms with Gasteiger partial charge in [-0.3, -0.25) is 4.79 Å². The summed E-state index contributed by atoms with van der Waals surface area (Å²) in [6, 6.07) is 3.81. The van der Waals surface area contributed by atoms with Crippen molar-refractivity contribution in [2.45, 2.75) is 26.2 Å². The molecule has 1 rings (SSSR count). The van der Waals surface area contributed by atoms with Crippen LogP contribution in [0.25, 0.3) is 0 Å². The van der Waals surface area contributed by atoms with Crippen LogP contribution in [-0.4, -0.2) is 18.2 Å². The number of methoxy groups -OCH3 is 1. The first-order valence-electron chi connectivity index (χ1n) is 5.09. The second-order valence-corrected chi connectivity index (χ2v) is 4.09. The number of hydrogen-bond acceptors (Lipinski definition) is 2. The zero-order valence-electron chi connectivity index (χ0n) is 9.42. The molecule has 0 saturated heterocycles. The summed E-state index contributed by atoms with van der Waals surface area (Å²) in [5.74, 6) is -0.129. The van der Waals surface area contributed by atoms with Crippen LogP contribution in [0.2, 0.25) is 5.02 Å². The van der Waals surface area contributed by atoms with E-state index in [1.54, 1.807) is 7.11 Å². The maximum atomic E-state index is 10.4. The maximum absolute atomic E-state index is 10.4. The average Bonchev–Trinajstić information content (AvgIpc) is 2.16. The molecule has 0 aromatic heterocycles. The number of hydrogen-bond donors (Lipinski definition) is 1. The molecule has 88 valence electrons. The monoisotopic (exact) mass is 242 g/mol. The Balaban J connectivity index is 2.81. The molecule has 0 aliphatic carbocycles. The molecule has 0 unspecified atom stereocenters. The number of rotatable bonds is 5. The van der Waals surface area contributed by atoms with Gasteiger partial charge in [0.1, 0.15) is 5.75 Å². The van der Waals surface area contributed by atoms with Gasteiger partial charge >= 0.3 is 5.97 Å². The lowest BCUT2D eigenvalue weighted by Gasteiger charge is -2.11. The molecule has 1 aromatic carbocycles. The highest BCUT2D eigenvalue weighted by Gasteiger charge is 2.09. The summed E-state index contributed by atoms with van der Waals surface area (Å²) in [5.41, 5.74) is 2.02. The number of carboxylic acids is 1.